The number of hydrogen-bond acceptors (Lipinski definition) is 17. The summed E-state index contributed by atoms with van der Waals surface area (Å²) in [4.78, 5) is 171. The van der Waals surface area contributed by atoms with Gasteiger partial charge in [-0.3, -0.25) is 62.8 Å². The number of piperidine rings is 2. The van der Waals surface area contributed by atoms with Crippen LogP contribution in [0.5, 0.6) is 0 Å². The van der Waals surface area contributed by atoms with Gasteiger partial charge in [0.2, 0.25) is 29.5 Å². The maximum Gasteiger partial charge on any atom is 0.490 e. The Morgan fingerprint density at radius 2 is 0.758 bits per heavy atom. The van der Waals surface area contributed by atoms with E-state index in [4.69, 9.17) is 39.6 Å². The number of amides is 9. The molecule has 2 fully saturated rings. The number of halogens is 12. The van der Waals surface area contributed by atoms with Crippen LogP contribution in [0.1, 0.15) is 149 Å². The van der Waals surface area contributed by atoms with Crippen LogP contribution in [-0.2, 0) is 75.6 Å². The number of unbranched alkanes of at least 4 members (excludes halogenated alkanes) is 2. The Kier molecular flexibility index (Phi) is 38.5. The van der Waals surface area contributed by atoms with E-state index >= 15 is 0 Å². The van der Waals surface area contributed by atoms with Crippen molar-refractivity contribution in [2.75, 3.05) is 85.9 Å². The highest BCUT2D eigenvalue weighted by Crippen LogP contribution is 2.40. The van der Waals surface area contributed by atoms with Gasteiger partial charge in [0.05, 0.1) is 82.4 Å². The molecule has 9 amide bonds. The van der Waals surface area contributed by atoms with Crippen LogP contribution in [0.15, 0.2) is 140 Å². The summed E-state index contributed by atoms with van der Waals surface area (Å²) < 4.78 is 131. The molecular weight excluding hydrogens is 1720 g/mol. The lowest BCUT2D eigenvalue weighted by Gasteiger charge is -2.33. The quantitative estimate of drug-likeness (QED) is 0.0142. The van der Waals surface area contributed by atoms with E-state index in [0.717, 1.165) is 115 Å². The van der Waals surface area contributed by atoms with Crippen molar-refractivity contribution in [1.29, 1.82) is 0 Å². The highest BCUT2D eigenvalue weighted by atomic mass is 19.4. The number of carboxylic acids is 4. The molecule has 4 aliphatic heterocycles. The van der Waals surface area contributed by atoms with Gasteiger partial charge in [0.15, 0.2) is 0 Å². The molecule has 11 rings (SSSR count). The monoisotopic (exact) mass is 1810 g/mol. The van der Waals surface area contributed by atoms with Gasteiger partial charge < -0.3 is 66.8 Å². The van der Waals surface area contributed by atoms with Gasteiger partial charge in [-0.1, -0.05) is 81.1 Å². The van der Waals surface area contributed by atoms with Gasteiger partial charge >= 0.3 is 48.6 Å². The van der Waals surface area contributed by atoms with Gasteiger partial charge in [-0.05, 0) is 162 Å². The molecule has 2 aromatic heterocycles. The molecule has 692 valence electrons. The number of fused-ring (bicyclic) bond motifs is 4. The average molecular weight is 1810 g/mol. The number of para-hydroxylation sites is 6. The molecule has 44 heteroatoms. The summed E-state index contributed by atoms with van der Waals surface area (Å²) in [5, 5.41) is 48.6. The third-order valence-electron chi connectivity index (χ3n) is 20.1. The zero-order valence-electron chi connectivity index (χ0n) is 68.9. The Labute approximate surface area is 724 Å². The molecule has 32 nitrogen and oxygen atoms in total. The number of rotatable bonds is 31. The molecule has 6 heterocycles. The van der Waals surface area contributed by atoms with E-state index in [0.29, 0.717) is 75.5 Å². The second-order valence-corrected chi connectivity index (χ2v) is 29.5. The van der Waals surface area contributed by atoms with E-state index in [1.807, 2.05) is 97.3 Å². The van der Waals surface area contributed by atoms with Gasteiger partial charge in [-0.15, -0.1) is 0 Å². The summed E-state index contributed by atoms with van der Waals surface area (Å²) in [5.74, 6) is -11.9. The van der Waals surface area contributed by atoms with Crippen molar-refractivity contribution in [2.24, 2.45) is 11.8 Å². The lowest BCUT2D eigenvalue weighted by atomic mass is 9.91. The number of nitrogens with one attached hydrogen (secondary N) is 7. The molecule has 11 N–H and O–H groups in total. The maximum atomic E-state index is 13.9. The van der Waals surface area contributed by atoms with Crippen molar-refractivity contribution in [3.63, 3.8) is 0 Å². The van der Waals surface area contributed by atoms with Crippen molar-refractivity contribution in [3.8, 4) is 0 Å². The Morgan fingerprint density at radius 3 is 1.10 bits per heavy atom. The third-order valence-corrected chi connectivity index (χ3v) is 20.1. The van der Waals surface area contributed by atoms with Crippen LogP contribution in [0.2, 0.25) is 0 Å². The Balaban J connectivity index is 0.000000691. The molecular formula is C84H95F12N15O17. The van der Waals surface area contributed by atoms with E-state index < -0.39 is 60.4 Å². The van der Waals surface area contributed by atoms with Gasteiger partial charge in [-0.25, -0.2) is 29.1 Å². The first-order valence-corrected chi connectivity index (χ1v) is 40.3. The molecule has 0 spiro atoms. The van der Waals surface area contributed by atoms with Crippen LogP contribution in [0, 0.1) is 11.8 Å². The summed E-state index contributed by atoms with van der Waals surface area (Å²) in [7, 11) is 0. The van der Waals surface area contributed by atoms with Gasteiger partial charge in [-0.2, -0.15) is 52.7 Å². The van der Waals surface area contributed by atoms with Gasteiger partial charge in [0, 0.05) is 88.6 Å². The number of hydrogen-bond donors (Lipinski definition) is 11. The van der Waals surface area contributed by atoms with Crippen LogP contribution in [-0.4, -0.2) is 217 Å². The third kappa shape index (κ3) is 33.2. The normalized spacial score (nSPS) is 14.0. The zero-order chi connectivity index (χ0) is 94.1. The average Bonchev–Trinajstić information content (AvgIpc) is 1.62. The van der Waals surface area contributed by atoms with Crippen LogP contribution in [0.3, 0.4) is 0 Å². The Morgan fingerprint density at radius 1 is 0.430 bits per heavy atom. The van der Waals surface area contributed by atoms with E-state index in [-0.39, 0.29) is 118 Å². The fourth-order valence-electron chi connectivity index (χ4n) is 13.6. The van der Waals surface area contributed by atoms with Crippen LogP contribution >= 0.6 is 0 Å². The van der Waals surface area contributed by atoms with Crippen molar-refractivity contribution in [1.82, 2.24) is 55.5 Å². The summed E-state index contributed by atoms with van der Waals surface area (Å²) in [6.07, 6.45) is -0.698. The van der Waals surface area contributed by atoms with Crippen molar-refractivity contribution in [2.45, 2.75) is 148 Å². The van der Waals surface area contributed by atoms with Crippen molar-refractivity contribution < 1.29 is 135 Å². The largest absolute Gasteiger partial charge is 0.490 e. The fourth-order valence-corrected chi connectivity index (χ4v) is 13.6. The van der Waals surface area contributed by atoms with Crippen LogP contribution in [0.4, 0.5) is 86.8 Å². The predicted octanol–water partition coefficient (Wildman–Crippen LogP) is 11.2. The molecule has 2 saturated heterocycles. The molecule has 0 saturated carbocycles. The number of aryl methyl sites for hydroxylation is 4. The molecule has 0 bridgehead atoms. The Hall–Kier alpha value is -13.3. The molecule has 0 atom stereocenters. The summed E-state index contributed by atoms with van der Waals surface area (Å²) in [6.45, 7) is 8.00. The predicted molar refractivity (Wildman–Crippen MR) is 437 cm³/mol. The standard InChI is InChI=1S/C76H91N15O9.4C2HF3O2/c1-2-68(92)81-46-55-43-56(73(97)79-35-33-77-69(93)27-25-58-47-88(51-82-58)37-13-11-15-53-29-39-86(40-30-53)49-71(95)90-64-21-7-3-17-60(64)75(99)84-62-19-5-9-23-66(62)90)45-57(44-55)74(98)80-36-34-78-70(94)28-26-59-48-89(52-83-59)38-14-12-16-54-31-41-87(42-32-54)50-72(96)91-65-22-8-4-18-61(65)76(100)85-63-20-6-10-24-67(63)91;4*3-2(4,5)1(6)7/h3-10,17-24,43-45,47-48,51-54H,2,11-16,25-42,46,49-50H2,1H3,(H,77,93)(H,78,94)(H,79,97)(H,80,98)(H,81,92)(H,84,99)(H,85,100);4*(H,6,7). The first-order chi connectivity index (χ1) is 60.5. The van der Waals surface area contributed by atoms with E-state index in [1.165, 1.54) is 6.07 Å². The van der Waals surface area contributed by atoms with Crippen molar-refractivity contribution in [3.05, 3.63) is 180 Å². The molecule has 0 radical (unpaired) electrons. The number of imidazole rings is 2. The summed E-state index contributed by atoms with van der Waals surface area (Å²) in [6, 6.07) is 34.0. The second kappa shape index (κ2) is 48.4. The summed E-state index contributed by atoms with van der Waals surface area (Å²) >= 11 is 0. The number of carboxylic acid groups (broad SMARTS) is 4. The summed E-state index contributed by atoms with van der Waals surface area (Å²) in [5.41, 5.74) is 7.27. The molecule has 7 aromatic rings. The highest BCUT2D eigenvalue weighted by molar-refractivity contribution is 6.19. The number of benzene rings is 5. The number of likely N-dealkylation sites (tertiary alicyclic amines) is 2. The van der Waals surface area contributed by atoms with Gasteiger partial charge in [0.1, 0.15) is 0 Å². The number of carbonyl (C=O) groups is 13. The van der Waals surface area contributed by atoms with Crippen LogP contribution < -0.4 is 47.0 Å². The minimum Gasteiger partial charge on any atom is -0.475 e. The number of aliphatic carboxylic acids is 4. The number of nitrogens with zero attached hydrogens (tertiary/aromatic N) is 8. The molecule has 0 aliphatic carbocycles. The number of alkyl halides is 12. The molecule has 0 unspecified atom stereocenters. The first-order valence-electron chi connectivity index (χ1n) is 40.3. The first kappa shape index (κ1) is 102. The Bertz CT molecular complexity index is 4670. The molecule has 5 aromatic carbocycles. The number of aromatic nitrogens is 4. The maximum absolute atomic E-state index is 13.9. The van der Waals surface area contributed by atoms with E-state index in [2.05, 4.69) is 66.1 Å². The molecule has 128 heavy (non-hydrogen) atoms. The second-order valence-electron chi connectivity index (χ2n) is 29.5. The van der Waals surface area contributed by atoms with Crippen LogP contribution in [0.25, 0.3) is 0 Å². The van der Waals surface area contributed by atoms with E-state index in [1.54, 1.807) is 53.6 Å². The lowest BCUT2D eigenvalue weighted by Crippen LogP contribution is -2.42. The van der Waals surface area contributed by atoms with Crippen molar-refractivity contribution >= 4 is 111 Å². The minimum atomic E-state index is -5.08. The minimum absolute atomic E-state index is 0.0663. The SMILES string of the molecule is CCC(=O)NCc1cc(C(=O)NCCNC(=O)CCc2cn(CCCCC3CCN(CC(=O)N4c5ccccc5NC(=O)c5ccccc54)CC3)cn2)cc(C(=O)NCCNC(=O)CCc2cn(CCCCC3CCN(CC(=O)N4c5ccccc5NC(=O)c5ccccc54)CC3)cn2)c1.O=C(O)C(F)(F)F.O=C(O)C(F)(F)F.O=C(O)C(F)(F)F.O=C(O)C(F)(F)F. The smallest absolute Gasteiger partial charge is 0.475 e. The van der Waals surface area contributed by atoms with Gasteiger partial charge in [0.25, 0.3) is 23.6 Å². The highest BCUT2D eigenvalue weighted by Gasteiger charge is 2.41. The zero-order valence-corrected chi connectivity index (χ0v) is 68.9. The fraction of sp³-hybridized carbons (Fsp3) is 0.417. The number of anilines is 6. The van der Waals surface area contributed by atoms with E-state index in [9.17, 15) is 95.8 Å². The number of carbonyl (C=O) groups excluding carboxylic acids is 9. The molecule has 4 aliphatic rings. The topological polar surface area (TPSA) is 436 Å². The lowest BCUT2D eigenvalue weighted by molar-refractivity contribution is -0.193.